The zero-order valence-electron chi connectivity index (χ0n) is 26.2. The molecule has 0 radical (unpaired) electrons. The Morgan fingerprint density at radius 2 is 1.32 bits per heavy atom. The SMILES string of the molecule is O=C(NC1CCN(c2ncccn2)CC1)c1cccc(CN2CCC(CCCC3CCN(Cc4ccncc4)CC3)CC2)c1. The molecule has 3 saturated heterocycles. The third kappa shape index (κ3) is 8.85. The van der Waals surface area contributed by atoms with Crippen LogP contribution in [0, 0.1) is 11.8 Å². The number of carbonyl (C=O) groups excluding carboxylic acids is 1. The number of piperidine rings is 3. The number of amides is 1. The number of likely N-dealkylation sites (tertiary alicyclic amines) is 2. The van der Waals surface area contributed by atoms with E-state index in [0.717, 1.165) is 75.5 Å². The lowest BCUT2D eigenvalue weighted by Gasteiger charge is -2.34. The average Bonchev–Trinajstić information content (AvgIpc) is 3.08. The molecule has 1 N–H and O–H groups in total. The molecule has 3 aromatic rings. The molecule has 0 spiro atoms. The molecule has 0 unspecified atom stereocenters. The van der Waals surface area contributed by atoms with E-state index >= 15 is 0 Å². The quantitative estimate of drug-likeness (QED) is 0.311. The van der Waals surface area contributed by atoms with Crippen LogP contribution in [0.3, 0.4) is 0 Å². The van der Waals surface area contributed by atoms with Crippen molar-refractivity contribution in [3.8, 4) is 0 Å². The fraction of sp³-hybridized carbons (Fsp3) is 0.556. The van der Waals surface area contributed by atoms with E-state index in [9.17, 15) is 4.79 Å². The highest BCUT2D eigenvalue weighted by Crippen LogP contribution is 2.28. The van der Waals surface area contributed by atoms with Crippen molar-refractivity contribution in [1.29, 1.82) is 0 Å². The largest absolute Gasteiger partial charge is 0.349 e. The summed E-state index contributed by atoms with van der Waals surface area (Å²) in [6, 6.07) is 14.6. The van der Waals surface area contributed by atoms with Gasteiger partial charge < -0.3 is 10.2 Å². The second-order valence-electron chi connectivity index (χ2n) is 13.2. The number of nitrogens with zero attached hydrogens (tertiary/aromatic N) is 6. The summed E-state index contributed by atoms with van der Waals surface area (Å²) in [5.74, 6) is 2.60. The molecule has 8 heteroatoms. The molecule has 3 aliphatic rings. The van der Waals surface area contributed by atoms with E-state index in [0.29, 0.717) is 0 Å². The summed E-state index contributed by atoms with van der Waals surface area (Å²) >= 11 is 0. The lowest BCUT2D eigenvalue weighted by molar-refractivity contribution is 0.0930. The summed E-state index contributed by atoms with van der Waals surface area (Å²) in [5, 5.41) is 3.27. The van der Waals surface area contributed by atoms with Crippen LogP contribution in [-0.4, -0.2) is 76.0 Å². The van der Waals surface area contributed by atoms with Gasteiger partial charge in [-0.25, -0.2) is 9.97 Å². The Hall–Kier alpha value is -3.36. The summed E-state index contributed by atoms with van der Waals surface area (Å²) in [6.45, 7) is 8.51. The first kappa shape index (κ1) is 30.7. The van der Waals surface area contributed by atoms with E-state index in [4.69, 9.17) is 0 Å². The number of benzene rings is 1. The molecule has 3 fully saturated rings. The van der Waals surface area contributed by atoms with Crippen LogP contribution >= 0.6 is 0 Å². The Labute approximate surface area is 263 Å². The maximum absolute atomic E-state index is 13.1. The van der Waals surface area contributed by atoms with Crippen LogP contribution in [0.1, 0.15) is 79.3 Å². The second kappa shape index (κ2) is 15.6. The third-order valence-corrected chi connectivity index (χ3v) is 10.1. The number of aromatic nitrogens is 3. The fourth-order valence-electron chi connectivity index (χ4n) is 7.32. The molecule has 0 atom stereocenters. The minimum absolute atomic E-state index is 0.0411. The predicted molar refractivity (Wildman–Crippen MR) is 175 cm³/mol. The predicted octanol–water partition coefficient (Wildman–Crippen LogP) is 5.56. The summed E-state index contributed by atoms with van der Waals surface area (Å²) in [6.07, 6.45) is 18.7. The van der Waals surface area contributed by atoms with Crippen molar-refractivity contribution in [2.75, 3.05) is 44.2 Å². The monoisotopic (exact) mass is 595 g/mol. The van der Waals surface area contributed by atoms with Crippen LogP contribution in [0.25, 0.3) is 0 Å². The van der Waals surface area contributed by atoms with Gasteiger partial charge >= 0.3 is 0 Å². The van der Waals surface area contributed by atoms with Crippen molar-refractivity contribution in [2.45, 2.75) is 76.9 Å². The topological polar surface area (TPSA) is 77.5 Å². The van der Waals surface area contributed by atoms with Gasteiger partial charge in [0, 0.05) is 62.6 Å². The van der Waals surface area contributed by atoms with E-state index in [-0.39, 0.29) is 11.9 Å². The van der Waals surface area contributed by atoms with Gasteiger partial charge in [-0.3, -0.25) is 19.6 Å². The Bertz CT molecular complexity index is 1280. The summed E-state index contributed by atoms with van der Waals surface area (Å²) in [5.41, 5.74) is 3.39. The van der Waals surface area contributed by atoms with Gasteiger partial charge in [-0.05, 0) is 118 Å². The zero-order valence-corrected chi connectivity index (χ0v) is 26.2. The maximum atomic E-state index is 13.1. The van der Waals surface area contributed by atoms with Gasteiger partial charge in [-0.2, -0.15) is 0 Å². The minimum Gasteiger partial charge on any atom is -0.349 e. The maximum Gasteiger partial charge on any atom is 0.251 e. The molecule has 6 rings (SSSR count). The molecular weight excluding hydrogens is 546 g/mol. The first-order chi connectivity index (χ1) is 21.7. The van der Waals surface area contributed by atoms with Crippen LogP contribution in [0.5, 0.6) is 0 Å². The van der Waals surface area contributed by atoms with Gasteiger partial charge in [0.2, 0.25) is 5.95 Å². The molecule has 1 aromatic carbocycles. The van der Waals surface area contributed by atoms with Crippen LogP contribution < -0.4 is 10.2 Å². The van der Waals surface area contributed by atoms with Crippen molar-refractivity contribution >= 4 is 11.9 Å². The molecule has 0 saturated carbocycles. The number of hydrogen-bond acceptors (Lipinski definition) is 7. The van der Waals surface area contributed by atoms with Crippen molar-refractivity contribution in [2.24, 2.45) is 11.8 Å². The Morgan fingerprint density at radius 3 is 1.95 bits per heavy atom. The average molecular weight is 596 g/mol. The van der Waals surface area contributed by atoms with E-state index in [1.54, 1.807) is 12.4 Å². The van der Waals surface area contributed by atoms with E-state index in [2.05, 4.69) is 59.2 Å². The van der Waals surface area contributed by atoms with Gasteiger partial charge in [-0.15, -0.1) is 0 Å². The second-order valence-corrected chi connectivity index (χ2v) is 13.2. The van der Waals surface area contributed by atoms with E-state index < -0.39 is 0 Å². The molecular formula is C36H49N7O. The van der Waals surface area contributed by atoms with Crippen molar-refractivity contribution in [3.63, 3.8) is 0 Å². The molecule has 0 bridgehead atoms. The van der Waals surface area contributed by atoms with Crippen molar-refractivity contribution in [3.05, 3.63) is 83.9 Å². The standard InChI is InChI=1S/C36H49N7O/c44-35(40-34-14-24-43(25-15-34)36-38-16-3-17-39-36)33-7-2-6-32(26-33)28-42-22-12-30(13-23-42)5-1-4-29-10-20-41(21-11-29)27-31-8-18-37-19-9-31/h2-3,6-9,16-19,26,29-30,34H,1,4-5,10-15,20-25,27-28H2,(H,40,44). The highest BCUT2D eigenvalue weighted by molar-refractivity contribution is 5.94. The van der Waals surface area contributed by atoms with Crippen LogP contribution in [0.4, 0.5) is 5.95 Å². The number of anilines is 1. The Balaban J connectivity index is 0.859. The number of pyridine rings is 1. The lowest BCUT2D eigenvalue weighted by Crippen LogP contribution is -2.45. The molecule has 44 heavy (non-hydrogen) atoms. The van der Waals surface area contributed by atoms with Gasteiger partial charge in [0.05, 0.1) is 0 Å². The highest BCUT2D eigenvalue weighted by Gasteiger charge is 2.24. The zero-order chi connectivity index (χ0) is 30.0. The van der Waals surface area contributed by atoms with Crippen molar-refractivity contribution < 1.29 is 4.79 Å². The lowest BCUT2D eigenvalue weighted by atomic mass is 9.86. The Morgan fingerprint density at radius 1 is 0.705 bits per heavy atom. The molecule has 234 valence electrons. The highest BCUT2D eigenvalue weighted by atomic mass is 16.1. The number of rotatable bonds is 11. The number of nitrogens with one attached hydrogen (secondary N) is 1. The van der Waals surface area contributed by atoms with E-state index in [1.165, 1.54) is 69.2 Å². The molecule has 1 amide bonds. The first-order valence-electron chi connectivity index (χ1n) is 16.9. The molecule has 0 aliphatic carbocycles. The summed E-state index contributed by atoms with van der Waals surface area (Å²) in [7, 11) is 0. The molecule has 5 heterocycles. The van der Waals surface area contributed by atoms with E-state index in [1.807, 2.05) is 30.6 Å². The summed E-state index contributed by atoms with van der Waals surface area (Å²) < 4.78 is 0. The van der Waals surface area contributed by atoms with Crippen LogP contribution in [0.15, 0.2) is 67.3 Å². The van der Waals surface area contributed by atoms with Crippen LogP contribution in [0.2, 0.25) is 0 Å². The van der Waals surface area contributed by atoms with Gasteiger partial charge in [-0.1, -0.05) is 31.4 Å². The normalized spacial score (nSPS) is 19.7. The number of hydrogen-bond donors (Lipinski definition) is 1. The number of carbonyl (C=O) groups is 1. The van der Waals surface area contributed by atoms with Crippen molar-refractivity contribution in [1.82, 2.24) is 30.1 Å². The third-order valence-electron chi connectivity index (χ3n) is 10.1. The summed E-state index contributed by atoms with van der Waals surface area (Å²) in [4.78, 5) is 33.3. The van der Waals surface area contributed by atoms with Gasteiger partial charge in [0.1, 0.15) is 0 Å². The molecule has 3 aliphatic heterocycles. The fourth-order valence-corrected chi connectivity index (χ4v) is 7.32. The first-order valence-corrected chi connectivity index (χ1v) is 16.9. The smallest absolute Gasteiger partial charge is 0.251 e. The van der Waals surface area contributed by atoms with Crippen LogP contribution in [-0.2, 0) is 13.1 Å². The minimum atomic E-state index is 0.0411. The van der Waals surface area contributed by atoms with Gasteiger partial charge in [0.25, 0.3) is 5.91 Å². The Kier molecular flexibility index (Phi) is 10.9. The molecule has 2 aromatic heterocycles. The molecule has 8 nitrogen and oxygen atoms in total. The van der Waals surface area contributed by atoms with Gasteiger partial charge in [0.15, 0.2) is 0 Å².